The van der Waals surface area contributed by atoms with Crippen molar-refractivity contribution in [3.05, 3.63) is 35.1 Å². The minimum atomic E-state index is -0.258. The van der Waals surface area contributed by atoms with Crippen LogP contribution in [0.3, 0.4) is 0 Å². The summed E-state index contributed by atoms with van der Waals surface area (Å²) in [6.45, 7) is 6.11. The molecule has 0 aliphatic carbocycles. The Kier molecular flexibility index (Phi) is 5.52. The smallest absolute Gasteiger partial charge is 0.409 e. The number of amides is 1. The summed E-state index contributed by atoms with van der Waals surface area (Å²) in [6, 6.07) is 4.74. The lowest BCUT2D eigenvalue weighted by atomic mass is 10.1. The van der Waals surface area contributed by atoms with Crippen molar-refractivity contribution >= 4 is 6.09 Å². The fourth-order valence-corrected chi connectivity index (χ4v) is 2.48. The number of halogens is 1. The molecule has 1 aliphatic heterocycles. The van der Waals surface area contributed by atoms with Crippen LogP contribution in [0.15, 0.2) is 18.2 Å². The number of rotatable bonds is 4. The van der Waals surface area contributed by atoms with Crippen LogP contribution in [0.5, 0.6) is 0 Å². The molecule has 0 radical (unpaired) electrons. The third kappa shape index (κ3) is 4.15. The molecule has 116 valence electrons. The van der Waals surface area contributed by atoms with Gasteiger partial charge in [-0.05, 0) is 30.2 Å². The molecule has 1 aliphatic rings. The van der Waals surface area contributed by atoms with E-state index in [-0.39, 0.29) is 11.9 Å². The molecule has 1 saturated heterocycles. The summed E-state index contributed by atoms with van der Waals surface area (Å²) in [5.41, 5.74) is 7.55. The van der Waals surface area contributed by atoms with Gasteiger partial charge in [-0.25, -0.2) is 9.18 Å². The predicted octanol–water partition coefficient (Wildman–Crippen LogP) is 1.56. The van der Waals surface area contributed by atoms with Crippen LogP contribution >= 0.6 is 0 Å². The van der Waals surface area contributed by atoms with Gasteiger partial charge in [0, 0.05) is 39.3 Å². The summed E-state index contributed by atoms with van der Waals surface area (Å²) in [7, 11) is 0. The van der Waals surface area contributed by atoms with Gasteiger partial charge >= 0.3 is 6.09 Å². The molecule has 0 atom stereocenters. The zero-order valence-corrected chi connectivity index (χ0v) is 12.3. The normalized spacial score (nSPS) is 16.0. The Balaban J connectivity index is 1.90. The molecule has 21 heavy (non-hydrogen) atoms. The zero-order valence-electron chi connectivity index (χ0n) is 12.3. The van der Waals surface area contributed by atoms with Gasteiger partial charge in [0.15, 0.2) is 0 Å². The second kappa shape index (κ2) is 7.38. The first-order valence-corrected chi connectivity index (χ1v) is 7.25. The van der Waals surface area contributed by atoms with Gasteiger partial charge in [0.1, 0.15) is 5.82 Å². The monoisotopic (exact) mass is 295 g/mol. The van der Waals surface area contributed by atoms with E-state index in [4.69, 9.17) is 10.5 Å². The van der Waals surface area contributed by atoms with Crippen LogP contribution in [-0.2, 0) is 17.8 Å². The average Bonchev–Trinajstić information content (AvgIpc) is 2.50. The van der Waals surface area contributed by atoms with E-state index in [9.17, 15) is 9.18 Å². The van der Waals surface area contributed by atoms with Gasteiger partial charge in [-0.3, -0.25) is 4.90 Å². The highest BCUT2D eigenvalue weighted by molar-refractivity contribution is 5.67. The van der Waals surface area contributed by atoms with Crippen LogP contribution in [0.1, 0.15) is 18.1 Å². The van der Waals surface area contributed by atoms with Crippen LogP contribution < -0.4 is 5.73 Å². The molecule has 1 aromatic rings. The van der Waals surface area contributed by atoms with Gasteiger partial charge in [0.2, 0.25) is 0 Å². The van der Waals surface area contributed by atoms with Crippen molar-refractivity contribution in [1.29, 1.82) is 0 Å². The second-order valence-corrected chi connectivity index (χ2v) is 5.08. The van der Waals surface area contributed by atoms with E-state index < -0.39 is 0 Å². The molecule has 1 heterocycles. The number of benzene rings is 1. The van der Waals surface area contributed by atoms with Crippen LogP contribution in [0.4, 0.5) is 9.18 Å². The maximum absolute atomic E-state index is 13.2. The van der Waals surface area contributed by atoms with Crippen LogP contribution in [-0.4, -0.2) is 48.7 Å². The Morgan fingerprint density at radius 1 is 1.29 bits per heavy atom. The molecular formula is C15H22FN3O2. The highest BCUT2D eigenvalue weighted by Gasteiger charge is 2.22. The molecule has 1 aromatic carbocycles. The zero-order chi connectivity index (χ0) is 15.2. The van der Waals surface area contributed by atoms with Gasteiger partial charge in [-0.1, -0.05) is 6.07 Å². The lowest BCUT2D eigenvalue weighted by Crippen LogP contribution is -2.48. The quantitative estimate of drug-likeness (QED) is 0.916. The largest absolute Gasteiger partial charge is 0.450 e. The molecule has 2 rings (SSSR count). The number of carbonyl (C=O) groups is 1. The van der Waals surface area contributed by atoms with Crippen molar-refractivity contribution in [2.75, 3.05) is 32.8 Å². The lowest BCUT2D eigenvalue weighted by Gasteiger charge is -2.34. The Labute approximate surface area is 124 Å². The third-order valence-electron chi connectivity index (χ3n) is 3.68. The second-order valence-electron chi connectivity index (χ2n) is 5.08. The summed E-state index contributed by atoms with van der Waals surface area (Å²) in [5.74, 6) is -0.258. The number of nitrogens with zero attached hydrogens (tertiary/aromatic N) is 2. The van der Waals surface area contributed by atoms with E-state index in [1.807, 2.05) is 0 Å². The van der Waals surface area contributed by atoms with Crippen molar-refractivity contribution in [2.24, 2.45) is 5.73 Å². The molecule has 6 heteroatoms. The number of piperazine rings is 1. The molecule has 0 spiro atoms. The maximum Gasteiger partial charge on any atom is 0.409 e. The van der Waals surface area contributed by atoms with Gasteiger partial charge in [0.05, 0.1) is 6.61 Å². The standard InChI is InChI=1S/C15H22FN3O2/c1-2-21-15(20)19-7-5-18(6-8-19)11-12-3-4-14(16)9-13(12)10-17/h3-4,9H,2,5-8,10-11,17H2,1H3. The van der Waals surface area contributed by atoms with Crippen molar-refractivity contribution in [2.45, 2.75) is 20.0 Å². The number of hydrogen-bond acceptors (Lipinski definition) is 4. The fourth-order valence-electron chi connectivity index (χ4n) is 2.48. The molecule has 1 amide bonds. The minimum absolute atomic E-state index is 0.249. The van der Waals surface area contributed by atoms with E-state index in [2.05, 4.69) is 4.90 Å². The van der Waals surface area contributed by atoms with Gasteiger partial charge in [-0.2, -0.15) is 0 Å². The van der Waals surface area contributed by atoms with Crippen molar-refractivity contribution in [3.63, 3.8) is 0 Å². The first-order chi connectivity index (χ1) is 10.1. The summed E-state index contributed by atoms with van der Waals surface area (Å²) in [5, 5.41) is 0. The van der Waals surface area contributed by atoms with Crippen LogP contribution in [0.2, 0.25) is 0 Å². The fraction of sp³-hybridized carbons (Fsp3) is 0.533. The molecule has 0 aromatic heterocycles. The van der Waals surface area contributed by atoms with E-state index in [0.717, 1.165) is 30.8 Å². The minimum Gasteiger partial charge on any atom is -0.450 e. The molecule has 0 saturated carbocycles. The van der Waals surface area contributed by atoms with Gasteiger partial charge in [0.25, 0.3) is 0 Å². The topological polar surface area (TPSA) is 58.8 Å². The predicted molar refractivity (Wildman–Crippen MR) is 78.2 cm³/mol. The van der Waals surface area contributed by atoms with Crippen LogP contribution in [0, 0.1) is 5.82 Å². The molecule has 5 nitrogen and oxygen atoms in total. The highest BCUT2D eigenvalue weighted by atomic mass is 19.1. The maximum atomic E-state index is 13.2. The van der Waals surface area contributed by atoms with Crippen molar-refractivity contribution in [1.82, 2.24) is 9.80 Å². The average molecular weight is 295 g/mol. The third-order valence-corrected chi connectivity index (χ3v) is 3.68. The van der Waals surface area contributed by atoms with Gasteiger partial charge < -0.3 is 15.4 Å². The van der Waals surface area contributed by atoms with E-state index in [1.54, 1.807) is 17.9 Å². The number of carbonyl (C=O) groups excluding carboxylic acids is 1. The number of hydrogen-bond donors (Lipinski definition) is 1. The summed E-state index contributed by atoms with van der Waals surface area (Å²) in [6.07, 6.45) is -0.249. The van der Waals surface area contributed by atoms with Crippen molar-refractivity contribution < 1.29 is 13.9 Å². The Morgan fingerprint density at radius 2 is 2.00 bits per heavy atom. The first kappa shape index (κ1) is 15.7. The lowest BCUT2D eigenvalue weighted by molar-refractivity contribution is 0.0777. The molecule has 0 bridgehead atoms. The van der Waals surface area contributed by atoms with E-state index >= 15 is 0 Å². The van der Waals surface area contributed by atoms with Crippen LogP contribution in [0.25, 0.3) is 0 Å². The molecule has 0 unspecified atom stereocenters. The summed E-state index contributed by atoms with van der Waals surface area (Å²) >= 11 is 0. The number of ether oxygens (including phenoxy) is 1. The Hall–Kier alpha value is -1.66. The Bertz CT molecular complexity index is 488. The number of nitrogens with two attached hydrogens (primary N) is 1. The summed E-state index contributed by atoms with van der Waals surface area (Å²) in [4.78, 5) is 15.6. The Morgan fingerprint density at radius 3 is 2.62 bits per heavy atom. The molecular weight excluding hydrogens is 273 g/mol. The summed E-state index contributed by atoms with van der Waals surface area (Å²) < 4.78 is 18.2. The molecule has 1 fully saturated rings. The van der Waals surface area contributed by atoms with Crippen molar-refractivity contribution in [3.8, 4) is 0 Å². The SMILES string of the molecule is CCOC(=O)N1CCN(Cc2ccc(F)cc2CN)CC1. The van der Waals surface area contributed by atoms with E-state index in [0.29, 0.717) is 26.2 Å². The van der Waals surface area contributed by atoms with E-state index in [1.165, 1.54) is 12.1 Å². The van der Waals surface area contributed by atoms with Gasteiger partial charge in [-0.15, -0.1) is 0 Å². The highest BCUT2D eigenvalue weighted by Crippen LogP contribution is 2.15. The first-order valence-electron chi connectivity index (χ1n) is 7.25. The molecule has 2 N–H and O–H groups in total.